The van der Waals surface area contributed by atoms with E-state index in [9.17, 15) is 29.6 Å². The molecule has 36 heavy (non-hydrogen) atoms. The lowest BCUT2D eigenvalue weighted by molar-refractivity contribution is -0.284. The molecule has 0 aromatic rings. The minimum absolute atomic E-state index is 0. The Morgan fingerprint density at radius 2 is 1.69 bits per heavy atom. The fraction of sp³-hybridized carbons (Fsp3) is 0.955. The lowest BCUT2D eigenvalue weighted by Crippen LogP contribution is -2.65. The molecule has 1 fully saturated rings. The van der Waals surface area contributed by atoms with E-state index >= 15 is 0 Å². The normalized spacial score (nSPS) is 26.6. The van der Waals surface area contributed by atoms with Gasteiger partial charge in [0.2, 0.25) is 5.91 Å². The van der Waals surface area contributed by atoms with Crippen molar-refractivity contribution in [2.75, 3.05) is 19.8 Å². The van der Waals surface area contributed by atoms with Gasteiger partial charge in [-0.1, -0.05) is 64.7 Å². The van der Waals surface area contributed by atoms with Gasteiger partial charge in [0.15, 0.2) is 6.29 Å². The first-order chi connectivity index (χ1) is 16.6. The highest BCUT2D eigenvalue weighted by atomic mass is 31.2. The van der Waals surface area contributed by atoms with Crippen molar-refractivity contribution in [1.29, 1.82) is 0 Å². The molecule has 1 aliphatic heterocycles. The van der Waals surface area contributed by atoms with Crippen molar-refractivity contribution < 1.29 is 53.6 Å². The number of carbonyl (C=O) groups is 1. The van der Waals surface area contributed by atoms with Crippen molar-refractivity contribution in [3.05, 3.63) is 0 Å². The Balaban J connectivity index is 0.0000122. The Morgan fingerprint density at radius 1 is 1.11 bits per heavy atom. The fourth-order valence-electron chi connectivity index (χ4n) is 4.07. The van der Waals surface area contributed by atoms with E-state index < -0.39 is 63.7 Å². The molecule has 0 aliphatic carbocycles. The van der Waals surface area contributed by atoms with E-state index in [1.807, 2.05) is 0 Å². The lowest BCUT2D eigenvalue weighted by atomic mass is 9.96. The zero-order chi connectivity index (χ0) is 26.3. The molecular weight excluding hydrogens is 499 g/mol. The lowest BCUT2D eigenvalue weighted by Gasteiger charge is -2.44. The van der Waals surface area contributed by atoms with Crippen molar-refractivity contribution in [3.8, 4) is 0 Å². The SMILES string of the molecule is CCCCCCCCCCCC(O)CC(=O)NC1C(OCCO)OC(CO)C(OP(=O)([O-])O)C1O.[NH4+]. The van der Waals surface area contributed by atoms with E-state index in [2.05, 4.69) is 16.8 Å². The molecule has 1 amide bonds. The topological polar surface area (TPSA) is 235 Å². The molecule has 1 rings (SSSR count). The molecule has 1 aliphatic rings. The third kappa shape index (κ3) is 14.3. The Kier molecular flexibility index (Phi) is 19.0. The molecule has 0 saturated carbocycles. The molecule has 0 bridgehead atoms. The van der Waals surface area contributed by atoms with Gasteiger partial charge in [0, 0.05) is 0 Å². The van der Waals surface area contributed by atoms with Crippen LogP contribution in [0.5, 0.6) is 0 Å². The van der Waals surface area contributed by atoms with E-state index in [4.69, 9.17) is 19.5 Å². The highest BCUT2D eigenvalue weighted by molar-refractivity contribution is 7.44. The molecule has 0 aromatic carbocycles. The van der Waals surface area contributed by atoms with Crippen LogP contribution < -0.4 is 16.4 Å². The molecule has 1 heterocycles. The molecule has 7 unspecified atom stereocenters. The summed E-state index contributed by atoms with van der Waals surface area (Å²) in [5, 5.41) is 41.8. The largest absolute Gasteiger partial charge is 0.756 e. The number of aliphatic hydroxyl groups is 4. The van der Waals surface area contributed by atoms with Crippen LogP contribution in [0.15, 0.2) is 0 Å². The van der Waals surface area contributed by atoms with Gasteiger partial charge < -0.3 is 55.7 Å². The number of quaternary nitrogens is 1. The molecule has 13 nitrogen and oxygen atoms in total. The number of nitrogens with one attached hydrogen (secondary N) is 1. The van der Waals surface area contributed by atoms with Crippen LogP contribution in [-0.4, -0.2) is 87.8 Å². The van der Waals surface area contributed by atoms with Crippen LogP contribution in [0.2, 0.25) is 0 Å². The van der Waals surface area contributed by atoms with Crippen molar-refractivity contribution in [2.24, 2.45) is 0 Å². The van der Waals surface area contributed by atoms with E-state index in [1.54, 1.807) is 0 Å². The summed E-state index contributed by atoms with van der Waals surface area (Å²) in [6, 6.07) is -1.35. The summed E-state index contributed by atoms with van der Waals surface area (Å²) in [5.41, 5.74) is 0. The van der Waals surface area contributed by atoms with Gasteiger partial charge in [0.1, 0.15) is 24.4 Å². The molecule has 1 saturated heterocycles. The number of phosphoric ester groups is 1. The number of phosphoric acid groups is 1. The van der Waals surface area contributed by atoms with Crippen LogP contribution in [0.3, 0.4) is 0 Å². The number of aliphatic hydroxyl groups excluding tert-OH is 4. The minimum atomic E-state index is -5.31. The van der Waals surface area contributed by atoms with Crippen LogP contribution in [0.25, 0.3) is 0 Å². The molecule has 216 valence electrons. The zero-order valence-corrected chi connectivity index (χ0v) is 22.4. The first-order valence-electron chi connectivity index (χ1n) is 12.5. The number of ether oxygens (including phenoxy) is 2. The maximum absolute atomic E-state index is 12.5. The van der Waals surface area contributed by atoms with Gasteiger partial charge in [-0.05, 0) is 6.42 Å². The second-order valence-electron chi connectivity index (χ2n) is 8.92. The number of amides is 1. The van der Waals surface area contributed by atoms with Crippen molar-refractivity contribution >= 4 is 13.7 Å². The summed E-state index contributed by atoms with van der Waals surface area (Å²) >= 11 is 0. The van der Waals surface area contributed by atoms with Gasteiger partial charge in [-0.3, -0.25) is 9.36 Å². The van der Waals surface area contributed by atoms with Crippen LogP contribution in [0, 0.1) is 0 Å². The van der Waals surface area contributed by atoms with Crippen LogP contribution in [0.4, 0.5) is 0 Å². The van der Waals surface area contributed by atoms with E-state index in [0.29, 0.717) is 6.42 Å². The molecule has 0 aromatic heterocycles. The van der Waals surface area contributed by atoms with Crippen LogP contribution in [0.1, 0.15) is 77.6 Å². The van der Waals surface area contributed by atoms with Crippen molar-refractivity contribution in [1.82, 2.24) is 11.5 Å². The minimum Gasteiger partial charge on any atom is -0.756 e. The Labute approximate surface area is 213 Å². The monoisotopic (exact) mass is 546 g/mol. The summed E-state index contributed by atoms with van der Waals surface area (Å²) in [5.74, 6) is -0.644. The highest BCUT2D eigenvalue weighted by Gasteiger charge is 2.48. The first kappa shape index (κ1) is 35.3. The number of hydrogen-bond acceptors (Lipinski definition) is 10. The maximum Gasteiger partial charge on any atom is 0.265 e. The van der Waals surface area contributed by atoms with Gasteiger partial charge >= 0.3 is 0 Å². The summed E-state index contributed by atoms with van der Waals surface area (Å²) < 4.78 is 26.3. The first-order valence-corrected chi connectivity index (χ1v) is 14.0. The molecule has 0 radical (unpaired) electrons. The Morgan fingerprint density at radius 3 is 2.22 bits per heavy atom. The molecule has 10 N–H and O–H groups in total. The molecule has 14 heteroatoms. The summed E-state index contributed by atoms with van der Waals surface area (Å²) in [7, 11) is -5.31. The number of hydrogen-bond donors (Lipinski definition) is 7. The van der Waals surface area contributed by atoms with E-state index in [-0.39, 0.29) is 19.2 Å². The number of unbranched alkanes of at least 4 members (excludes halogenated alkanes) is 8. The molecular formula is C22H47N2O11P. The van der Waals surface area contributed by atoms with Gasteiger partial charge in [-0.2, -0.15) is 0 Å². The number of rotatable bonds is 19. The Hall–Kier alpha value is -0.700. The van der Waals surface area contributed by atoms with Crippen molar-refractivity contribution in [3.63, 3.8) is 0 Å². The standard InChI is InChI=1S/C22H44NO11P.H3N/c1-2-3-4-5-6-7-8-9-10-11-16(26)14-18(27)23-19-20(28)21(34-35(29,30)31)17(15-25)33-22(19)32-13-12-24;/h16-17,19-22,24-26,28H,2-15H2,1H3,(H,23,27)(H2,29,30,31);1H3. The predicted molar refractivity (Wildman–Crippen MR) is 130 cm³/mol. The van der Waals surface area contributed by atoms with Gasteiger partial charge in [0.05, 0.1) is 32.3 Å². The summed E-state index contributed by atoms with van der Waals surface area (Å²) in [4.78, 5) is 32.7. The van der Waals surface area contributed by atoms with Crippen LogP contribution in [-0.2, 0) is 23.4 Å². The van der Waals surface area contributed by atoms with Gasteiger partial charge in [-0.15, -0.1) is 0 Å². The van der Waals surface area contributed by atoms with Crippen LogP contribution >= 0.6 is 7.82 Å². The second kappa shape index (κ2) is 19.4. The average Bonchev–Trinajstić information content (AvgIpc) is 2.79. The number of carbonyl (C=O) groups excluding carboxylic acids is 1. The zero-order valence-electron chi connectivity index (χ0n) is 21.5. The smallest absolute Gasteiger partial charge is 0.265 e. The second-order valence-corrected chi connectivity index (χ2v) is 10.1. The predicted octanol–water partition coefficient (Wildman–Crippen LogP) is 0.452. The third-order valence-electron chi connectivity index (χ3n) is 5.87. The molecule has 0 spiro atoms. The van der Waals surface area contributed by atoms with Gasteiger partial charge in [0.25, 0.3) is 7.82 Å². The summed E-state index contributed by atoms with van der Waals surface area (Å²) in [6.07, 6.45) is 3.18. The molecule has 7 atom stereocenters. The summed E-state index contributed by atoms with van der Waals surface area (Å²) in [6.45, 7) is 0.778. The quantitative estimate of drug-likeness (QED) is 0.0867. The third-order valence-corrected chi connectivity index (χ3v) is 6.38. The van der Waals surface area contributed by atoms with Crippen molar-refractivity contribution in [2.45, 2.75) is 114 Å². The van der Waals surface area contributed by atoms with E-state index in [1.165, 1.54) is 32.1 Å². The van der Waals surface area contributed by atoms with E-state index in [0.717, 1.165) is 25.7 Å². The van der Waals surface area contributed by atoms with Gasteiger partial charge in [-0.25, -0.2) is 0 Å². The fourth-order valence-corrected chi connectivity index (χ4v) is 4.64. The maximum atomic E-state index is 12.5. The average molecular weight is 547 g/mol. The highest BCUT2D eigenvalue weighted by Crippen LogP contribution is 2.37. The Bertz CT molecular complexity index is 625.